The summed E-state index contributed by atoms with van der Waals surface area (Å²) < 4.78 is 11.3. The standard InChI is InChI=1S/C23H30ClN3O2.HI/c1-25-23(26-13-12-17-10-11-20(28-2)15-21(17)24)27-16-19-9-6-14-29-22(19)18-7-4-3-5-8-18;/h3-5,7-8,10-11,15,19,22H,6,9,12-14,16H2,1-2H3,(H2,25,26,27);1H. The van der Waals surface area contributed by atoms with E-state index in [4.69, 9.17) is 21.1 Å². The molecule has 0 aliphatic carbocycles. The van der Waals surface area contributed by atoms with Gasteiger partial charge in [-0.2, -0.15) is 0 Å². The van der Waals surface area contributed by atoms with E-state index in [2.05, 4.69) is 39.9 Å². The summed E-state index contributed by atoms with van der Waals surface area (Å²) in [5, 5.41) is 7.56. The molecule has 0 saturated carbocycles. The molecule has 0 spiro atoms. The summed E-state index contributed by atoms with van der Waals surface area (Å²) >= 11 is 6.33. The van der Waals surface area contributed by atoms with Gasteiger partial charge in [-0.3, -0.25) is 4.99 Å². The molecule has 2 N–H and O–H groups in total. The molecular weight excluding hydrogens is 513 g/mol. The van der Waals surface area contributed by atoms with E-state index in [1.807, 2.05) is 24.3 Å². The van der Waals surface area contributed by atoms with Crippen molar-refractivity contribution in [1.29, 1.82) is 0 Å². The number of ether oxygens (including phenoxy) is 2. The van der Waals surface area contributed by atoms with Crippen molar-refractivity contribution >= 4 is 41.5 Å². The molecule has 0 bridgehead atoms. The van der Waals surface area contributed by atoms with Gasteiger partial charge in [-0.05, 0) is 42.5 Å². The Bertz CT molecular complexity index is 804. The van der Waals surface area contributed by atoms with Crippen LogP contribution in [-0.2, 0) is 11.2 Å². The van der Waals surface area contributed by atoms with E-state index >= 15 is 0 Å². The lowest BCUT2D eigenvalue weighted by Crippen LogP contribution is -2.42. The summed E-state index contributed by atoms with van der Waals surface area (Å²) in [5.41, 5.74) is 2.33. The second-order valence-electron chi connectivity index (χ2n) is 7.19. The van der Waals surface area contributed by atoms with Gasteiger partial charge in [-0.15, -0.1) is 24.0 Å². The van der Waals surface area contributed by atoms with Crippen molar-refractivity contribution in [3.8, 4) is 5.75 Å². The molecule has 1 saturated heterocycles. The Kier molecular flexibility index (Phi) is 10.7. The third-order valence-electron chi connectivity index (χ3n) is 5.28. The molecule has 2 aromatic rings. The van der Waals surface area contributed by atoms with E-state index in [-0.39, 0.29) is 30.1 Å². The Morgan fingerprint density at radius 3 is 2.70 bits per heavy atom. The lowest BCUT2D eigenvalue weighted by Gasteiger charge is -2.32. The van der Waals surface area contributed by atoms with Crippen LogP contribution in [0, 0.1) is 5.92 Å². The predicted molar refractivity (Wildman–Crippen MR) is 134 cm³/mol. The van der Waals surface area contributed by atoms with Gasteiger partial charge in [-0.1, -0.05) is 48.0 Å². The first kappa shape index (κ1) is 24.8. The van der Waals surface area contributed by atoms with Crippen LogP contribution in [0.2, 0.25) is 5.02 Å². The van der Waals surface area contributed by atoms with Crippen LogP contribution in [0.3, 0.4) is 0 Å². The van der Waals surface area contributed by atoms with Gasteiger partial charge in [0.25, 0.3) is 0 Å². The van der Waals surface area contributed by atoms with Gasteiger partial charge in [0.1, 0.15) is 5.75 Å². The maximum Gasteiger partial charge on any atom is 0.190 e. The van der Waals surface area contributed by atoms with Crippen LogP contribution in [0.15, 0.2) is 53.5 Å². The summed E-state index contributed by atoms with van der Waals surface area (Å²) in [7, 11) is 3.43. The fourth-order valence-corrected chi connectivity index (χ4v) is 3.95. The Morgan fingerprint density at radius 2 is 2.00 bits per heavy atom. The quantitative estimate of drug-likeness (QED) is 0.298. The molecule has 3 rings (SSSR count). The highest BCUT2D eigenvalue weighted by atomic mass is 127. The van der Waals surface area contributed by atoms with Gasteiger partial charge in [0.15, 0.2) is 5.96 Å². The summed E-state index contributed by atoms with van der Waals surface area (Å²) in [5.74, 6) is 1.99. The van der Waals surface area contributed by atoms with E-state index in [1.165, 1.54) is 5.56 Å². The number of nitrogens with one attached hydrogen (secondary N) is 2. The van der Waals surface area contributed by atoms with E-state index < -0.39 is 0 Å². The topological polar surface area (TPSA) is 54.9 Å². The highest BCUT2D eigenvalue weighted by molar-refractivity contribution is 14.0. The van der Waals surface area contributed by atoms with Crippen molar-refractivity contribution in [2.24, 2.45) is 10.9 Å². The average Bonchev–Trinajstić information content (AvgIpc) is 2.77. The highest BCUT2D eigenvalue weighted by Gasteiger charge is 2.27. The van der Waals surface area contributed by atoms with Crippen LogP contribution in [0.5, 0.6) is 5.75 Å². The van der Waals surface area contributed by atoms with Crippen LogP contribution >= 0.6 is 35.6 Å². The van der Waals surface area contributed by atoms with Crippen LogP contribution < -0.4 is 15.4 Å². The summed E-state index contributed by atoms with van der Waals surface area (Å²) in [6, 6.07) is 16.3. The summed E-state index contributed by atoms with van der Waals surface area (Å²) in [4.78, 5) is 4.35. The van der Waals surface area contributed by atoms with E-state index in [9.17, 15) is 0 Å². The number of rotatable bonds is 7. The maximum atomic E-state index is 6.33. The lowest BCUT2D eigenvalue weighted by atomic mass is 9.89. The smallest absolute Gasteiger partial charge is 0.190 e. The van der Waals surface area contributed by atoms with Crippen molar-refractivity contribution in [3.63, 3.8) is 0 Å². The monoisotopic (exact) mass is 543 g/mol. The zero-order chi connectivity index (χ0) is 20.5. The van der Waals surface area contributed by atoms with Crippen LogP contribution in [0.25, 0.3) is 0 Å². The van der Waals surface area contributed by atoms with E-state index in [1.54, 1.807) is 14.2 Å². The number of halogens is 2. The molecule has 5 nitrogen and oxygen atoms in total. The number of hydrogen-bond donors (Lipinski definition) is 2. The predicted octanol–water partition coefficient (Wildman–Crippen LogP) is 4.84. The van der Waals surface area contributed by atoms with Gasteiger partial charge in [0, 0.05) is 37.7 Å². The molecule has 0 amide bonds. The molecule has 0 aromatic heterocycles. The second kappa shape index (κ2) is 13.0. The zero-order valence-corrected chi connectivity index (χ0v) is 20.7. The Balaban J connectivity index is 0.00000320. The minimum absolute atomic E-state index is 0. The number of methoxy groups -OCH3 is 1. The SMILES string of the molecule is CN=C(NCCc1ccc(OC)cc1Cl)NCC1CCCOC1c1ccccc1.I. The lowest BCUT2D eigenvalue weighted by molar-refractivity contribution is -0.0265. The summed E-state index contributed by atoms with van der Waals surface area (Å²) in [6.45, 7) is 2.39. The number of hydrogen-bond acceptors (Lipinski definition) is 3. The van der Waals surface area contributed by atoms with E-state index in [0.29, 0.717) is 5.92 Å². The molecule has 7 heteroatoms. The van der Waals surface area contributed by atoms with Crippen molar-refractivity contribution < 1.29 is 9.47 Å². The van der Waals surface area contributed by atoms with Crippen molar-refractivity contribution in [2.75, 3.05) is 33.9 Å². The van der Waals surface area contributed by atoms with Gasteiger partial charge >= 0.3 is 0 Å². The third kappa shape index (κ3) is 7.03. The van der Waals surface area contributed by atoms with Gasteiger partial charge in [0.05, 0.1) is 13.2 Å². The molecule has 1 aliphatic heterocycles. The third-order valence-corrected chi connectivity index (χ3v) is 5.63. The fraction of sp³-hybridized carbons (Fsp3) is 0.435. The minimum Gasteiger partial charge on any atom is -0.497 e. The van der Waals surface area contributed by atoms with Crippen LogP contribution in [-0.4, -0.2) is 39.8 Å². The van der Waals surface area contributed by atoms with Crippen molar-refractivity contribution in [1.82, 2.24) is 10.6 Å². The normalized spacial score (nSPS) is 19.0. The number of nitrogens with zero attached hydrogens (tertiary/aromatic N) is 1. The van der Waals surface area contributed by atoms with Gasteiger partial charge in [-0.25, -0.2) is 0 Å². The van der Waals surface area contributed by atoms with Gasteiger partial charge in [0.2, 0.25) is 0 Å². The Labute approximate surface area is 201 Å². The number of benzene rings is 2. The Hall–Kier alpha value is -1.51. The molecule has 30 heavy (non-hydrogen) atoms. The molecule has 2 atom stereocenters. The van der Waals surface area contributed by atoms with E-state index in [0.717, 1.165) is 61.3 Å². The minimum atomic E-state index is 0. The van der Waals surface area contributed by atoms with Crippen molar-refractivity contribution in [2.45, 2.75) is 25.4 Å². The first-order valence-corrected chi connectivity index (χ1v) is 10.5. The molecule has 1 fully saturated rings. The van der Waals surface area contributed by atoms with Crippen LogP contribution in [0.4, 0.5) is 0 Å². The first-order chi connectivity index (χ1) is 14.2. The second-order valence-corrected chi connectivity index (χ2v) is 7.60. The maximum absolute atomic E-state index is 6.33. The van der Waals surface area contributed by atoms with Crippen molar-refractivity contribution in [3.05, 3.63) is 64.7 Å². The largest absolute Gasteiger partial charge is 0.497 e. The molecular formula is C23H31ClIN3O2. The molecule has 2 aromatic carbocycles. The summed E-state index contributed by atoms with van der Waals surface area (Å²) in [6.07, 6.45) is 3.18. The Morgan fingerprint density at radius 1 is 1.20 bits per heavy atom. The number of guanidine groups is 1. The molecule has 1 heterocycles. The highest BCUT2D eigenvalue weighted by Crippen LogP contribution is 2.33. The number of aliphatic imine (C=N–C) groups is 1. The molecule has 164 valence electrons. The van der Waals surface area contributed by atoms with Crippen LogP contribution in [0.1, 0.15) is 30.1 Å². The first-order valence-electron chi connectivity index (χ1n) is 10.1. The zero-order valence-electron chi connectivity index (χ0n) is 17.6. The average molecular weight is 544 g/mol. The molecule has 1 aliphatic rings. The molecule has 0 radical (unpaired) electrons. The molecule has 2 unspecified atom stereocenters. The fourth-order valence-electron chi connectivity index (χ4n) is 3.69. The van der Waals surface area contributed by atoms with Gasteiger partial charge < -0.3 is 20.1 Å².